The molecule has 0 bridgehead atoms. The highest BCUT2D eigenvalue weighted by Crippen LogP contribution is 2.29. The molecule has 2 aromatic carbocycles. The number of hydrogen-bond acceptors (Lipinski definition) is 3. The fraction of sp³-hybridized carbons (Fsp3) is 0.391. The van der Waals surface area contributed by atoms with Gasteiger partial charge in [0, 0.05) is 31.3 Å². The summed E-state index contributed by atoms with van der Waals surface area (Å²) in [6.45, 7) is 5.30. The van der Waals surface area contributed by atoms with Gasteiger partial charge in [-0.1, -0.05) is 30.3 Å². The number of benzene rings is 2. The lowest BCUT2D eigenvalue weighted by atomic mass is 10.0. The maximum Gasteiger partial charge on any atom is 0.251 e. The first-order valence-electron chi connectivity index (χ1n) is 10.1. The summed E-state index contributed by atoms with van der Waals surface area (Å²) in [5.74, 6) is -0.0113. The lowest BCUT2D eigenvalue weighted by Gasteiger charge is -2.25. The highest BCUT2D eigenvalue weighted by molar-refractivity contribution is 5.98. The molecule has 5 heteroatoms. The van der Waals surface area contributed by atoms with Gasteiger partial charge in [0.15, 0.2) is 0 Å². The van der Waals surface area contributed by atoms with Crippen LogP contribution in [0.1, 0.15) is 47.3 Å². The van der Waals surface area contributed by atoms with Crippen molar-refractivity contribution >= 4 is 17.5 Å². The Bertz CT molecular complexity index is 859. The Morgan fingerprint density at radius 3 is 2.50 bits per heavy atom. The molecule has 2 aromatic rings. The standard InChI is InChI=1S/C23H27N3O2/c1-17(27)26-14-11-19-15-20(9-10-22(19)26)23(28)24-21(16-25-12-5-6-13-25)18-7-3-2-4-8-18/h2-4,7-10,15,21H,5-6,11-14,16H2,1H3,(H,24,28). The maximum atomic E-state index is 13.0. The van der Waals surface area contributed by atoms with Crippen molar-refractivity contribution in [1.82, 2.24) is 10.2 Å². The van der Waals surface area contributed by atoms with Gasteiger partial charge in [0.05, 0.1) is 6.04 Å². The predicted octanol–water partition coefficient (Wildman–Crippen LogP) is 3.16. The van der Waals surface area contributed by atoms with Crippen LogP contribution in [0.3, 0.4) is 0 Å². The second-order valence-corrected chi connectivity index (χ2v) is 7.71. The monoisotopic (exact) mass is 377 g/mol. The predicted molar refractivity (Wildman–Crippen MR) is 110 cm³/mol. The van der Waals surface area contributed by atoms with Crippen molar-refractivity contribution in [3.8, 4) is 0 Å². The average Bonchev–Trinajstić information content (AvgIpc) is 3.37. The molecular formula is C23H27N3O2. The number of rotatable bonds is 5. The van der Waals surface area contributed by atoms with Crippen molar-refractivity contribution in [2.45, 2.75) is 32.2 Å². The van der Waals surface area contributed by atoms with Gasteiger partial charge in [-0.15, -0.1) is 0 Å². The number of amides is 2. The molecule has 2 heterocycles. The molecule has 0 spiro atoms. The van der Waals surface area contributed by atoms with Crippen LogP contribution in [-0.4, -0.2) is 42.9 Å². The van der Waals surface area contributed by atoms with E-state index in [4.69, 9.17) is 0 Å². The lowest BCUT2D eigenvalue weighted by Crippen LogP contribution is -2.37. The number of nitrogens with zero attached hydrogens (tertiary/aromatic N) is 2. The summed E-state index contributed by atoms with van der Waals surface area (Å²) < 4.78 is 0. The molecule has 1 saturated heterocycles. The molecule has 1 N–H and O–H groups in total. The van der Waals surface area contributed by atoms with Gasteiger partial charge in [-0.25, -0.2) is 0 Å². The van der Waals surface area contributed by atoms with Gasteiger partial charge in [0.2, 0.25) is 5.91 Å². The van der Waals surface area contributed by atoms with E-state index >= 15 is 0 Å². The molecule has 28 heavy (non-hydrogen) atoms. The van der Waals surface area contributed by atoms with Crippen LogP contribution in [0.4, 0.5) is 5.69 Å². The third-order valence-electron chi connectivity index (χ3n) is 5.76. The van der Waals surface area contributed by atoms with Crippen molar-refractivity contribution in [2.75, 3.05) is 31.1 Å². The summed E-state index contributed by atoms with van der Waals surface area (Å²) in [6.07, 6.45) is 3.26. The Kier molecular flexibility index (Phi) is 5.44. The Morgan fingerprint density at radius 1 is 1.04 bits per heavy atom. The highest BCUT2D eigenvalue weighted by atomic mass is 16.2. The summed E-state index contributed by atoms with van der Waals surface area (Å²) in [7, 11) is 0. The SMILES string of the molecule is CC(=O)N1CCc2cc(C(=O)NC(CN3CCCC3)c3ccccc3)ccc21. The quantitative estimate of drug-likeness (QED) is 0.871. The molecule has 4 rings (SSSR count). The molecule has 0 saturated carbocycles. The van der Waals surface area contributed by atoms with Gasteiger partial charge < -0.3 is 15.1 Å². The van der Waals surface area contributed by atoms with Gasteiger partial charge in [0.25, 0.3) is 5.91 Å². The molecule has 2 aliphatic rings. The number of carbonyl (C=O) groups excluding carboxylic acids is 2. The van der Waals surface area contributed by atoms with E-state index in [0.717, 1.165) is 42.9 Å². The van der Waals surface area contributed by atoms with Gasteiger partial charge in [-0.3, -0.25) is 9.59 Å². The van der Waals surface area contributed by atoms with Crippen LogP contribution < -0.4 is 10.2 Å². The summed E-state index contributed by atoms with van der Waals surface area (Å²) in [5.41, 5.74) is 3.79. The van der Waals surface area contributed by atoms with Crippen molar-refractivity contribution in [3.63, 3.8) is 0 Å². The van der Waals surface area contributed by atoms with E-state index in [2.05, 4.69) is 22.3 Å². The molecular weight excluding hydrogens is 350 g/mol. The average molecular weight is 377 g/mol. The highest BCUT2D eigenvalue weighted by Gasteiger charge is 2.25. The number of fused-ring (bicyclic) bond motifs is 1. The molecule has 2 amide bonds. The van der Waals surface area contributed by atoms with Gasteiger partial charge in [-0.05, 0) is 61.7 Å². The normalized spacial score (nSPS) is 17.4. The summed E-state index contributed by atoms with van der Waals surface area (Å²) in [4.78, 5) is 28.9. The molecule has 146 valence electrons. The number of anilines is 1. The smallest absolute Gasteiger partial charge is 0.251 e. The molecule has 1 fully saturated rings. The van der Waals surface area contributed by atoms with Crippen LogP contribution >= 0.6 is 0 Å². The zero-order valence-corrected chi connectivity index (χ0v) is 16.4. The van der Waals surface area contributed by atoms with E-state index in [1.54, 1.807) is 11.8 Å². The van der Waals surface area contributed by atoms with Crippen LogP contribution in [0.15, 0.2) is 48.5 Å². The molecule has 0 aromatic heterocycles. The minimum Gasteiger partial charge on any atom is -0.344 e. The first-order chi connectivity index (χ1) is 13.6. The molecule has 1 unspecified atom stereocenters. The number of likely N-dealkylation sites (tertiary alicyclic amines) is 1. The minimum absolute atomic E-state index is 0.0335. The zero-order valence-electron chi connectivity index (χ0n) is 16.4. The van der Waals surface area contributed by atoms with Crippen LogP contribution in [-0.2, 0) is 11.2 Å². The third-order valence-corrected chi connectivity index (χ3v) is 5.76. The van der Waals surface area contributed by atoms with Crippen LogP contribution in [0.2, 0.25) is 0 Å². The van der Waals surface area contributed by atoms with Crippen LogP contribution in [0.5, 0.6) is 0 Å². The Balaban J connectivity index is 1.52. The second-order valence-electron chi connectivity index (χ2n) is 7.71. The summed E-state index contributed by atoms with van der Waals surface area (Å²) in [5, 5.41) is 3.24. The lowest BCUT2D eigenvalue weighted by molar-refractivity contribution is -0.116. The number of nitrogens with one attached hydrogen (secondary N) is 1. The van der Waals surface area contributed by atoms with Crippen LogP contribution in [0, 0.1) is 0 Å². The van der Waals surface area contributed by atoms with Crippen molar-refractivity contribution in [3.05, 3.63) is 65.2 Å². The van der Waals surface area contributed by atoms with Crippen molar-refractivity contribution in [2.24, 2.45) is 0 Å². The van der Waals surface area contributed by atoms with Gasteiger partial charge >= 0.3 is 0 Å². The first-order valence-corrected chi connectivity index (χ1v) is 10.1. The molecule has 1 atom stereocenters. The third kappa shape index (κ3) is 3.94. The largest absolute Gasteiger partial charge is 0.344 e. The topological polar surface area (TPSA) is 52.7 Å². The Morgan fingerprint density at radius 2 is 1.79 bits per heavy atom. The molecule has 2 aliphatic heterocycles. The summed E-state index contributed by atoms with van der Waals surface area (Å²) in [6, 6.07) is 15.8. The first kappa shape index (κ1) is 18.7. The number of carbonyl (C=O) groups is 2. The van der Waals surface area contributed by atoms with E-state index in [1.807, 2.05) is 36.4 Å². The van der Waals surface area contributed by atoms with E-state index in [9.17, 15) is 9.59 Å². The Labute approximate surface area is 166 Å². The van der Waals surface area contributed by atoms with E-state index in [-0.39, 0.29) is 17.9 Å². The van der Waals surface area contributed by atoms with E-state index < -0.39 is 0 Å². The van der Waals surface area contributed by atoms with Gasteiger partial charge in [0.1, 0.15) is 0 Å². The Hall–Kier alpha value is -2.66. The fourth-order valence-corrected chi connectivity index (χ4v) is 4.25. The van der Waals surface area contributed by atoms with Crippen molar-refractivity contribution < 1.29 is 9.59 Å². The zero-order chi connectivity index (χ0) is 19.5. The second kappa shape index (κ2) is 8.15. The molecule has 5 nitrogen and oxygen atoms in total. The minimum atomic E-state index is -0.0582. The van der Waals surface area contributed by atoms with Crippen LogP contribution in [0.25, 0.3) is 0 Å². The maximum absolute atomic E-state index is 13.0. The van der Waals surface area contributed by atoms with E-state index in [0.29, 0.717) is 12.1 Å². The summed E-state index contributed by atoms with van der Waals surface area (Å²) >= 11 is 0. The van der Waals surface area contributed by atoms with Crippen molar-refractivity contribution in [1.29, 1.82) is 0 Å². The van der Waals surface area contributed by atoms with E-state index in [1.165, 1.54) is 12.8 Å². The van der Waals surface area contributed by atoms with Gasteiger partial charge in [-0.2, -0.15) is 0 Å². The molecule has 0 radical (unpaired) electrons. The fourth-order valence-electron chi connectivity index (χ4n) is 4.25. The molecule has 0 aliphatic carbocycles. The number of hydrogen-bond donors (Lipinski definition) is 1.